The SMILES string of the molecule is CC(Oc1ccc2n[nH]c(/C=C(\F)c3ccc(CN4CCC(O)C4)nc3)c2c1)c1c(Cl)cncc1Cl. The Bertz CT molecular complexity index is 1390. The molecule has 2 N–H and O–H groups in total. The molecular weight excluding hydrogens is 504 g/mol. The number of aliphatic hydroxyl groups excluding tert-OH is 1. The zero-order valence-electron chi connectivity index (χ0n) is 19.5. The van der Waals surface area contributed by atoms with Gasteiger partial charge >= 0.3 is 0 Å². The first-order valence-corrected chi connectivity index (χ1v) is 12.3. The van der Waals surface area contributed by atoms with E-state index in [2.05, 4.69) is 25.1 Å². The van der Waals surface area contributed by atoms with Crippen molar-refractivity contribution in [3.05, 3.63) is 81.5 Å². The van der Waals surface area contributed by atoms with Crippen molar-refractivity contribution in [2.24, 2.45) is 0 Å². The predicted molar refractivity (Wildman–Crippen MR) is 139 cm³/mol. The first kappa shape index (κ1) is 24.6. The molecule has 1 fully saturated rings. The Morgan fingerprint density at radius 3 is 2.75 bits per heavy atom. The molecule has 0 amide bonds. The summed E-state index contributed by atoms with van der Waals surface area (Å²) in [6, 6.07) is 8.89. The van der Waals surface area contributed by atoms with Crippen LogP contribution in [-0.2, 0) is 6.54 Å². The van der Waals surface area contributed by atoms with Gasteiger partial charge in [-0.1, -0.05) is 23.2 Å². The van der Waals surface area contributed by atoms with Gasteiger partial charge in [-0.05, 0) is 43.7 Å². The molecule has 0 radical (unpaired) electrons. The number of fused-ring (bicyclic) bond motifs is 1. The maximum atomic E-state index is 15.1. The number of hydrogen-bond acceptors (Lipinski definition) is 6. The number of nitrogens with zero attached hydrogens (tertiary/aromatic N) is 4. The predicted octanol–water partition coefficient (Wildman–Crippen LogP) is 5.83. The molecule has 3 aromatic heterocycles. The average molecular weight is 528 g/mol. The number of ether oxygens (including phenoxy) is 1. The van der Waals surface area contributed by atoms with Crippen molar-refractivity contribution in [1.82, 2.24) is 25.1 Å². The van der Waals surface area contributed by atoms with Gasteiger partial charge in [0.15, 0.2) is 0 Å². The van der Waals surface area contributed by atoms with Crippen LogP contribution in [-0.4, -0.2) is 49.4 Å². The third-order valence-corrected chi connectivity index (χ3v) is 6.77. The van der Waals surface area contributed by atoms with Gasteiger partial charge in [0.25, 0.3) is 0 Å². The number of aromatic nitrogens is 4. The molecule has 36 heavy (non-hydrogen) atoms. The second kappa shape index (κ2) is 10.5. The van der Waals surface area contributed by atoms with E-state index < -0.39 is 11.9 Å². The summed E-state index contributed by atoms with van der Waals surface area (Å²) in [4.78, 5) is 10.5. The summed E-state index contributed by atoms with van der Waals surface area (Å²) in [6.45, 7) is 3.94. The van der Waals surface area contributed by atoms with Crippen molar-refractivity contribution in [2.45, 2.75) is 32.1 Å². The third-order valence-electron chi connectivity index (χ3n) is 6.17. The van der Waals surface area contributed by atoms with E-state index in [1.807, 2.05) is 6.92 Å². The molecule has 2 atom stereocenters. The summed E-state index contributed by atoms with van der Waals surface area (Å²) in [5.41, 5.74) is 3.03. The maximum Gasteiger partial charge on any atom is 0.134 e. The maximum absolute atomic E-state index is 15.1. The number of H-pyrrole nitrogens is 1. The summed E-state index contributed by atoms with van der Waals surface area (Å²) in [5.74, 6) is 0.125. The Morgan fingerprint density at radius 1 is 1.25 bits per heavy atom. The highest BCUT2D eigenvalue weighted by Crippen LogP contribution is 2.34. The quantitative estimate of drug-likeness (QED) is 0.314. The van der Waals surface area contributed by atoms with Crippen molar-refractivity contribution in [2.75, 3.05) is 13.1 Å². The number of halogens is 3. The summed E-state index contributed by atoms with van der Waals surface area (Å²) < 4.78 is 21.2. The van der Waals surface area contributed by atoms with E-state index in [1.54, 1.807) is 30.3 Å². The summed E-state index contributed by atoms with van der Waals surface area (Å²) in [6.07, 6.45) is 6.01. The number of nitrogens with one attached hydrogen (secondary N) is 1. The molecule has 0 saturated carbocycles. The minimum absolute atomic E-state index is 0.283. The second-order valence-corrected chi connectivity index (χ2v) is 9.62. The van der Waals surface area contributed by atoms with Gasteiger partial charge in [0, 0.05) is 60.8 Å². The van der Waals surface area contributed by atoms with Gasteiger partial charge in [-0.15, -0.1) is 0 Å². The molecule has 186 valence electrons. The number of likely N-dealkylation sites (tertiary alicyclic amines) is 1. The lowest BCUT2D eigenvalue weighted by Gasteiger charge is -2.17. The summed E-state index contributed by atoms with van der Waals surface area (Å²) in [5, 5.41) is 18.4. The van der Waals surface area contributed by atoms with Crippen molar-refractivity contribution in [3.8, 4) is 5.75 Å². The van der Waals surface area contributed by atoms with Crippen LogP contribution in [0.15, 0.2) is 48.9 Å². The van der Waals surface area contributed by atoms with Crippen LogP contribution in [0.4, 0.5) is 4.39 Å². The van der Waals surface area contributed by atoms with E-state index in [4.69, 9.17) is 27.9 Å². The minimum atomic E-state index is -0.439. The van der Waals surface area contributed by atoms with Gasteiger partial charge in [-0.3, -0.25) is 20.0 Å². The first-order valence-electron chi connectivity index (χ1n) is 11.5. The zero-order chi connectivity index (χ0) is 25.2. The van der Waals surface area contributed by atoms with Gasteiger partial charge < -0.3 is 9.84 Å². The second-order valence-electron chi connectivity index (χ2n) is 8.80. The van der Waals surface area contributed by atoms with Crippen LogP contribution in [0.2, 0.25) is 10.0 Å². The Balaban J connectivity index is 1.34. The van der Waals surface area contributed by atoms with Crippen molar-refractivity contribution in [1.29, 1.82) is 0 Å². The van der Waals surface area contributed by atoms with E-state index in [1.165, 1.54) is 24.7 Å². The molecular formula is C26H24Cl2FN5O2. The first-order chi connectivity index (χ1) is 17.4. The molecule has 7 nitrogen and oxygen atoms in total. The average Bonchev–Trinajstić information content (AvgIpc) is 3.44. The molecule has 4 heterocycles. The molecule has 10 heteroatoms. The number of aliphatic hydroxyl groups is 1. The lowest BCUT2D eigenvalue weighted by atomic mass is 10.1. The van der Waals surface area contributed by atoms with E-state index >= 15 is 4.39 Å². The van der Waals surface area contributed by atoms with E-state index in [-0.39, 0.29) is 6.10 Å². The van der Waals surface area contributed by atoms with Gasteiger partial charge in [0.1, 0.15) is 17.7 Å². The molecule has 0 bridgehead atoms. The van der Waals surface area contributed by atoms with Crippen molar-refractivity contribution < 1.29 is 14.2 Å². The highest BCUT2D eigenvalue weighted by atomic mass is 35.5. The fourth-order valence-corrected chi connectivity index (χ4v) is 4.99. The normalized spacial score (nSPS) is 17.6. The lowest BCUT2D eigenvalue weighted by molar-refractivity contribution is 0.174. The monoisotopic (exact) mass is 527 g/mol. The Hall–Kier alpha value is -3.04. The molecule has 1 saturated heterocycles. The van der Waals surface area contributed by atoms with Gasteiger partial charge in [0.2, 0.25) is 0 Å². The van der Waals surface area contributed by atoms with Crippen molar-refractivity contribution in [3.63, 3.8) is 0 Å². The van der Waals surface area contributed by atoms with E-state index in [0.717, 1.165) is 18.7 Å². The molecule has 1 aliphatic rings. The molecule has 2 unspecified atom stereocenters. The smallest absolute Gasteiger partial charge is 0.134 e. The van der Waals surface area contributed by atoms with Crippen LogP contribution in [0, 0.1) is 0 Å². The zero-order valence-corrected chi connectivity index (χ0v) is 21.0. The summed E-state index contributed by atoms with van der Waals surface area (Å²) >= 11 is 12.5. The highest BCUT2D eigenvalue weighted by molar-refractivity contribution is 6.35. The fourth-order valence-electron chi connectivity index (χ4n) is 4.32. The third kappa shape index (κ3) is 5.37. The molecule has 0 spiro atoms. The number of aromatic amines is 1. The van der Waals surface area contributed by atoms with Crippen LogP contribution >= 0.6 is 23.2 Å². The molecule has 4 aromatic rings. The largest absolute Gasteiger partial charge is 0.486 e. The standard InChI is InChI=1S/C26H24Cl2FN5O2/c1-15(26-21(27)11-30-12-22(26)28)36-19-4-5-24-20(8-19)25(33-32-24)9-23(29)16-2-3-17(31-10-16)13-34-7-6-18(35)14-34/h2-5,8-12,15,18,35H,6-7,13-14H2,1H3,(H,32,33)/b23-9-. The van der Waals surface area contributed by atoms with Crippen LogP contribution in [0.3, 0.4) is 0 Å². The van der Waals surface area contributed by atoms with Crippen LogP contribution < -0.4 is 4.74 Å². The lowest BCUT2D eigenvalue weighted by Crippen LogP contribution is -2.21. The number of rotatable bonds is 7. The Morgan fingerprint density at radius 2 is 2.06 bits per heavy atom. The molecule has 0 aliphatic carbocycles. The van der Waals surface area contributed by atoms with Gasteiger partial charge in [-0.2, -0.15) is 5.10 Å². The number of benzene rings is 1. The number of hydrogen-bond donors (Lipinski definition) is 2. The fraction of sp³-hybridized carbons (Fsp3) is 0.269. The van der Waals surface area contributed by atoms with Gasteiger partial charge in [-0.25, -0.2) is 4.39 Å². The van der Waals surface area contributed by atoms with Gasteiger partial charge in [0.05, 0.1) is 33.1 Å². The Labute approximate surface area is 217 Å². The number of pyridine rings is 2. The van der Waals surface area contributed by atoms with E-state index in [9.17, 15) is 5.11 Å². The van der Waals surface area contributed by atoms with Crippen LogP contribution in [0.5, 0.6) is 5.75 Å². The molecule has 1 aliphatic heterocycles. The molecule has 5 rings (SSSR count). The molecule has 1 aromatic carbocycles. The van der Waals surface area contributed by atoms with Crippen LogP contribution in [0.25, 0.3) is 22.8 Å². The number of β-amino-alcohol motifs (C(OH)–C–C–N with tert-alkyl or cyclic N) is 1. The van der Waals surface area contributed by atoms with Crippen molar-refractivity contribution >= 4 is 46.0 Å². The summed E-state index contributed by atoms with van der Waals surface area (Å²) in [7, 11) is 0. The minimum Gasteiger partial charge on any atom is -0.486 e. The Kier molecular flexibility index (Phi) is 7.20. The van der Waals surface area contributed by atoms with Crippen LogP contribution in [0.1, 0.15) is 42.0 Å². The topological polar surface area (TPSA) is 87.2 Å². The van der Waals surface area contributed by atoms with E-state index in [0.29, 0.717) is 56.6 Å². The highest BCUT2D eigenvalue weighted by Gasteiger charge is 2.20.